The fourth-order valence-electron chi connectivity index (χ4n) is 4.10. The molecule has 1 aliphatic rings. The van der Waals surface area contributed by atoms with Crippen LogP contribution in [0.25, 0.3) is 10.9 Å². The third-order valence-corrected chi connectivity index (χ3v) is 5.38. The first-order valence-corrected chi connectivity index (χ1v) is 9.67. The van der Waals surface area contributed by atoms with Crippen molar-refractivity contribution in [3.8, 4) is 5.75 Å². The molecule has 0 bridgehead atoms. The van der Waals surface area contributed by atoms with E-state index in [1.54, 1.807) is 13.1 Å². The van der Waals surface area contributed by atoms with Crippen LogP contribution in [0.5, 0.6) is 5.75 Å². The fraction of sp³-hybridized carbons (Fsp3) is 0.120. The first kappa shape index (κ1) is 17.4. The Morgan fingerprint density at radius 2 is 1.55 bits per heavy atom. The Hall–Kier alpha value is -3.66. The van der Waals surface area contributed by atoms with Crippen LogP contribution in [0.2, 0.25) is 0 Å². The van der Waals surface area contributed by atoms with Crippen molar-refractivity contribution >= 4 is 16.8 Å². The second-order valence-electron chi connectivity index (χ2n) is 7.18. The van der Waals surface area contributed by atoms with Crippen molar-refractivity contribution in [2.75, 3.05) is 0 Å². The Morgan fingerprint density at radius 1 is 0.862 bits per heavy atom. The minimum absolute atomic E-state index is 0.0422. The number of aromatic nitrogens is 1. The van der Waals surface area contributed by atoms with Crippen molar-refractivity contribution in [2.45, 2.75) is 19.2 Å². The number of carbonyl (C=O) groups excluding carboxylic acids is 1. The SMILES string of the molecule is CC(=O)N1[C@@H](c2ccccc2)c2ccc3cccnc3c2O[C@@H]1c1ccccc1. The third-order valence-electron chi connectivity index (χ3n) is 5.38. The van der Waals surface area contributed by atoms with Gasteiger partial charge in [0.1, 0.15) is 5.52 Å². The van der Waals surface area contributed by atoms with Crippen molar-refractivity contribution in [2.24, 2.45) is 0 Å². The lowest BCUT2D eigenvalue weighted by atomic mass is 9.92. The van der Waals surface area contributed by atoms with Crippen molar-refractivity contribution in [1.29, 1.82) is 0 Å². The van der Waals surface area contributed by atoms with Gasteiger partial charge in [-0.25, -0.2) is 0 Å². The van der Waals surface area contributed by atoms with Crippen LogP contribution < -0.4 is 4.74 Å². The molecule has 4 nitrogen and oxygen atoms in total. The van der Waals surface area contributed by atoms with Crippen LogP contribution in [-0.4, -0.2) is 15.8 Å². The summed E-state index contributed by atoms with van der Waals surface area (Å²) in [5, 5.41) is 1.01. The topological polar surface area (TPSA) is 42.4 Å². The van der Waals surface area contributed by atoms with Gasteiger partial charge < -0.3 is 4.74 Å². The van der Waals surface area contributed by atoms with E-state index in [1.165, 1.54) is 0 Å². The van der Waals surface area contributed by atoms with Gasteiger partial charge in [-0.1, -0.05) is 78.9 Å². The molecule has 3 aromatic carbocycles. The van der Waals surface area contributed by atoms with Gasteiger partial charge in [-0.3, -0.25) is 14.7 Å². The van der Waals surface area contributed by atoms with E-state index in [0.29, 0.717) is 0 Å². The van der Waals surface area contributed by atoms with Crippen molar-refractivity contribution in [3.05, 3.63) is 108 Å². The van der Waals surface area contributed by atoms with E-state index >= 15 is 0 Å². The number of hydrogen-bond donors (Lipinski definition) is 0. The lowest BCUT2D eigenvalue weighted by Crippen LogP contribution is -2.43. The largest absolute Gasteiger partial charge is 0.463 e. The number of ether oxygens (including phenoxy) is 1. The number of hydrogen-bond acceptors (Lipinski definition) is 3. The molecule has 142 valence electrons. The molecule has 0 saturated heterocycles. The van der Waals surface area contributed by atoms with Crippen LogP contribution in [-0.2, 0) is 4.79 Å². The molecule has 0 N–H and O–H groups in total. The molecule has 0 spiro atoms. The second-order valence-corrected chi connectivity index (χ2v) is 7.18. The zero-order chi connectivity index (χ0) is 19.8. The highest BCUT2D eigenvalue weighted by molar-refractivity contribution is 5.87. The lowest BCUT2D eigenvalue weighted by Gasteiger charge is -2.43. The van der Waals surface area contributed by atoms with Crippen LogP contribution in [0.4, 0.5) is 0 Å². The molecule has 0 aliphatic carbocycles. The zero-order valence-corrected chi connectivity index (χ0v) is 16.0. The van der Waals surface area contributed by atoms with Crippen LogP contribution in [0.1, 0.15) is 35.9 Å². The van der Waals surface area contributed by atoms with E-state index in [2.05, 4.69) is 17.1 Å². The van der Waals surface area contributed by atoms with Gasteiger partial charge in [-0.05, 0) is 11.6 Å². The van der Waals surface area contributed by atoms with Crippen molar-refractivity contribution < 1.29 is 9.53 Å². The number of fused-ring (bicyclic) bond motifs is 3. The van der Waals surface area contributed by atoms with Crippen LogP contribution in [0, 0.1) is 0 Å². The summed E-state index contributed by atoms with van der Waals surface area (Å²) in [6.07, 6.45) is 1.25. The van der Waals surface area contributed by atoms with Gasteiger partial charge in [-0.15, -0.1) is 0 Å². The molecule has 1 amide bonds. The second kappa shape index (κ2) is 7.06. The summed E-state index contributed by atoms with van der Waals surface area (Å²) in [5.74, 6) is 0.697. The minimum atomic E-state index is -0.529. The molecule has 1 aliphatic heterocycles. The first-order valence-electron chi connectivity index (χ1n) is 9.67. The van der Waals surface area contributed by atoms with Crippen LogP contribution >= 0.6 is 0 Å². The number of amides is 1. The van der Waals surface area contributed by atoms with Gasteiger partial charge in [0.2, 0.25) is 12.1 Å². The maximum Gasteiger partial charge on any atom is 0.223 e. The van der Waals surface area contributed by atoms with Gasteiger partial charge in [0, 0.05) is 29.6 Å². The molecule has 29 heavy (non-hydrogen) atoms. The zero-order valence-electron chi connectivity index (χ0n) is 16.0. The molecule has 2 heterocycles. The van der Waals surface area contributed by atoms with E-state index in [9.17, 15) is 4.79 Å². The number of carbonyl (C=O) groups is 1. The predicted octanol–water partition coefficient (Wildman–Crippen LogP) is 5.26. The molecule has 4 aromatic rings. The molecule has 0 fully saturated rings. The van der Waals surface area contributed by atoms with Gasteiger partial charge in [0.15, 0.2) is 5.75 Å². The van der Waals surface area contributed by atoms with E-state index < -0.39 is 6.23 Å². The average molecular weight is 380 g/mol. The highest BCUT2D eigenvalue weighted by Gasteiger charge is 2.40. The Bertz CT molecular complexity index is 1180. The Morgan fingerprint density at radius 3 is 2.24 bits per heavy atom. The van der Waals surface area contributed by atoms with E-state index in [4.69, 9.17) is 4.74 Å². The van der Waals surface area contributed by atoms with E-state index in [1.807, 2.05) is 77.7 Å². The van der Waals surface area contributed by atoms with Gasteiger partial charge in [-0.2, -0.15) is 0 Å². The van der Waals surface area contributed by atoms with Crippen LogP contribution in [0.15, 0.2) is 91.1 Å². The summed E-state index contributed by atoms with van der Waals surface area (Å²) in [5.41, 5.74) is 3.74. The molecule has 1 aromatic heterocycles. The predicted molar refractivity (Wildman–Crippen MR) is 112 cm³/mol. The molecular weight excluding hydrogens is 360 g/mol. The molecular formula is C25H20N2O2. The van der Waals surface area contributed by atoms with Gasteiger partial charge >= 0.3 is 0 Å². The van der Waals surface area contributed by atoms with E-state index in [-0.39, 0.29) is 11.9 Å². The highest BCUT2D eigenvalue weighted by atomic mass is 16.5. The Kier molecular flexibility index (Phi) is 4.24. The smallest absolute Gasteiger partial charge is 0.223 e. The molecule has 2 atom stereocenters. The van der Waals surface area contributed by atoms with Crippen LogP contribution in [0.3, 0.4) is 0 Å². The quantitative estimate of drug-likeness (QED) is 0.476. The number of rotatable bonds is 2. The van der Waals surface area contributed by atoms with Gasteiger partial charge in [0.05, 0.1) is 6.04 Å². The maximum atomic E-state index is 12.9. The fourth-order valence-corrected chi connectivity index (χ4v) is 4.10. The summed E-state index contributed by atoms with van der Waals surface area (Å²) in [6, 6.07) is 27.8. The molecule has 4 heteroatoms. The summed E-state index contributed by atoms with van der Waals surface area (Å²) in [7, 11) is 0. The Labute approximate surface area is 169 Å². The van der Waals surface area contributed by atoms with E-state index in [0.717, 1.165) is 33.3 Å². The summed E-state index contributed by atoms with van der Waals surface area (Å²) >= 11 is 0. The van der Waals surface area contributed by atoms with Crippen molar-refractivity contribution in [3.63, 3.8) is 0 Å². The first-order chi connectivity index (χ1) is 14.2. The third kappa shape index (κ3) is 2.93. The monoisotopic (exact) mass is 380 g/mol. The molecule has 0 unspecified atom stereocenters. The molecule has 0 radical (unpaired) electrons. The molecule has 5 rings (SSSR count). The normalized spacial score (nSPS) is 18.2. The Balaban J connectivity index is 1.79. The van der Waals surface area contributed by atoms with Crippen molar-refractivity contribution in [1.82, 2.24) is 9.88 Å². The highest BCUT2D eigenvalue weighted by Crippen LogP contribution is 2.47. The van der Waals surface area contributed by atoms with Gasteiger partial charge in [0.25, 0.3) is 0 Å². The number of benzene rings is 3. The number of pyridine rings is 1. The lowest BCUT2D eigenvalue weighted by molar-refractivity contribution is -0.142. The maximum absolute atomic E-state index is 12.9. The summed E-state index contributed by atoms with van der Waals surface area (Å²) in [4.78, 5) is 19.3. The molecule has 0 saturated carbocycles. The summed E-state index contributed by atoms with van der Waals surface area (Å²) < 4.78 is 6.50. The standard InChI is InChI=1S/C25H20N2O2/c1-17(28)27-23(19-9-4-2-5-10-19)21-15-14-18-13-8-16-26-22(18)24(21)29-25(27)20-11-6-3-7-12-20/h2-16,23,25H,1H3/t23-,25+/m0/s1. The summed E-state index contributed by atoms with van der Waals surface area (Å²) in [6.45, 7) is 1.60. The number of nitrogens with zero attached hydrogens (tertiary/aromatic N) is 2. The average Bonchev–Trinajstić information content (AvgIpc) is 2.78. The minimum Gasteiger partial charge on any atom is -0.463 e.